The third kappa shape index (κ3) is 3.27. The van der Waals surface area contributed by atoms with Crippen LogP contribution in [-0.2, 0) is 16.0 Å². The van der Waals surface area contributed by atoms with Gasteiger partial charge in [-0.2, -0.15) is 0 Å². The minimum absolute atomic E-state index is 0.00550. The standard InChI is InChI=1S/C18H19NO3/c20-17(19-16-8-7-15(11-16)18(21)22)10-12-5-6-13-3-1-2-4-14(13)9-12/h1-6,9,15-16H,7-8,10-11H2,(H,19,20)(H,21,22)/t15-,16+/m1/s1. The van der Waals surface area contributed by atoms with E-state index in [2.05, 4.69) is 5.32 Å². The van der Waals surface area contributed by atoms with Crippen molar-refractivity contribution in [3.05, 3.63) is 48.0 Å². The third-order valence-corrected chi connectivity index (χ3v) is 4.33. The fourth-order valence-corrected chi connectivity index (χ4v) is 3.15. The van der Waals surface area contributed by atoms with Gasteiger partial charge in [-0.05, 0) is 35.6 Å². The Morgan fingerprint density at radius 3 is 2.59 bits per heavy atom. The third-order valence-electron chi connectivity index (χ3n) is 4.33. The molecular weight excluding hydrogens is 278 g/mol. The molecule has 1 aliphatic rings. The van der Waals surface area contributed by atoms with Crippen LogP contribution in [0.5, 0.6) is 0 Å². The summed E-state index contributed by atoms with van der Waals surface area (Å²) in [7, 11) is 0. The van der Waals surface area contributed by atoms with Crippen LogP contribution < -0.4 is 5.32 Å². The fourth-order valence-electron chi connectivity index (χ4n) is 3.15. The van der Waals surface area contributed by atoms with Crippen LogP contribution in [-0.4, -0.2) is 23.0 Å². The van der Waals surface area contributed by atoms with Crippen molar-refractivity contribution >= 4 is 22.6 Å². The molecule has 4 nitrogen and oxygen atoms in total. The second-order valence-corrected chi connectivity index (χ2v) is 5.97. The molecule has 2 atom stereocenters. The van der Waals surface area contributed by atoms with Crippen molar-refractivity contribution in [3.8, 4) is 0 Å². The lowest BCUT2D eigenvalue weighted by Crippen LogP contribution is -2.34. The summed E-state index contributed by atoms with van der Waals surface area (Å²) in [4.78, 5) is 23.1. The molecule has 0 unspecified atom stereocenters. The van der Waals surface area contributed by atoms with E-state index in [1.807, 2.05) is 42.5 Å². The van der Waals surface area contributed by atoms with Crippen molar-refractivity contribution < 1.29 is 14.7 Å². The van der Waals surface area contributed by atoms with Gasteiger partial charge < -0.3 is 10.4 Å². The molecule has 0 spiro atoms. The highest BCUT2D eigenvalue weighted by Crippen LogP contribution is 2.25. The molecule has 1 aliphatic carbocycles. The second-order valence-electron chi connectivity index (χ2n) is 5.97. The number of carbonyl (C=O) groups is 2. The molecule has 0 saturated heterocycles. The maximum atomic E-state index is 12.1. The Kier molecular flexibility index (Phi) is 4.09. The molecule has 2 aromatic carbocycles. The van der Waals surface area contributed by atoms with Gasteiger partial charge in [-0.15, -0.1) is 0 Å². The molecule has 0 heterocycles. The summed E-state index contributed by atoms with van der Waals surface area (Å²) in [6, 6.07) is 14.1. The Morgan fingerprint density at radius 2 is 1.86 bits per heavy atom. The van der Waals surface area contributed by atoms with E-state index in [1.165, 1.54) is 0 Å². The summed E-state index contributed by atoms with van der Waals surface area (Å²) in [5, 5.41) is 14.2. The van der Waals surface area contributed by atoms with Crippen LogP contribution in [0.4, 0.5) is 0 Å². The van der Waals surface area contributed by atoms with Crippen molar-refractivity contribution in [3.63, 3.8) is 0 Å². The van der Waals surface area contributed by atoms with Crippen LogP contribution in [0, 0.1) is 5.92 Å². The summed E-state index contributed by atoms with van der Waals surface area (Å²) < 4.78 is 0. The number of carbonyl (C=O) groups excluding carboxylic acids is 1. The normalized spacial score (nSPS) is 20.9. The first-order valence-electron chi connectivity index (χ1n) is 7.61. The molecule has 0 aliphatic heterocycles. The van der Waals surface area contributed by atoms with E-state index < -0.39 is 5.97 Å². The van der Waals surface area contributed by atoms with Crippen LogP contribution in [0.3, 0.4) is 0 Å². The molecule has 114 valence electrons. The largest absolute Gasteiger partial charge is 0.481 e. The van der Waals surface area contributed by atoms with E-state index in [4.69, 9.17) is 5.11 Å². The van der Waals surface area contributed by atoms with Gasteiger partial charge >= 0.3 is 5.97 Å². The molecule has 3 rings (SSSR count). The van der Waals surface area contributed by atoms with Crippen molar-refractivity contribution in [2.45, 2.75) is 31.7 Å². The van der Waals surface area contributed by atoms with E-state index in [0.29, 0.717) is 19.3 Å². The van der Waals surface area contributed by atoms with Crippen LogP contribution in [0.15, 0.2) is 42.5 Å². The van der Waals surface area contributed by atoms with E-state index in [0.717, 1.165) is 22.8 Å². The predicted molar refractivity (Wildman–Crippen MR) is 84.6 cm³/mol. The summed E-state index contributed by atoms with van der Waals surface area (Å²) >= 11 is 0. The highest BCUT2D eigenvalue weighted by Gasteiger charge is 2.30. The molecule has 1 fully saturated rings. The predicted octanol–water partition coefficient (Wildman–Crippen LogP) is 2.75. The maximum absolute atomic E-state index is 12.1. The lowest BCUT2D eigenvalue weighted by atomic mass is 10.0. The van der Waals surface area contributed by atoms with E-state index >= 15 is 0 Å². The number of nitrogens with one attached hydrogen (secondary N) is 1. The quantitative estimate of drug-likeness (QED) is 0.912. The van der Waals surface area contributed by atoms with Gasteiger partial charge in [0.1, 0.15) is 0 Å². The molecule has 22 heavy (non-hydrogen) atoms. The number of rotatable bonds is 4. The Morgan fingerprint density at radius 1 is 1.09 bits per heavy atom. The van der Waals surface area contributed by atoms with Gasteiger partial charge in [0, 0.05) is 6.04 Å². The first-order valence-corrected chi connectivity index (χ1v) is 7.61. The molecule has 1 amide bonds. The lowest BCUT2D eigenvalue weighted by Gasteiger charge is -2.12. The average molecular weight is 297 g/mol. The van der Waals surface area contributed by atoms with Crippen LogP contribution in [0.2, 0.25) is 0 Å². The van der Waals surface area contributed by atoms with Crippen LogP contribution >= 0.6 is 0 Å². The summed E-state index contributed by atoms with van der Waals surface area (Å²) in [5.74, 6) is -1.11. The molecule has 0 bridgehead atoms. The first-order chi connectivity index (χ1) is 10.6. The SMILES string of the molecule is O=C(Cc1ccc2ccccc2c1)N[C@H]1CC[C@@H](C(=O)O)C1. The van der Waals surface area contributed by atoms with Gasteiger partial charge in [-0.25, -0.2) is 0 Å². The monoisotopic (exact) mass is 297 g/mol. The molecule has 0 radical (unpaired) electrons. The van der Waals surface area contributed by atoms with Crippen molar-refractivity contribution in [2.75, 3.05) is 0 Å². The minimum Gasteiger partial charge on any atom is -0.481 e. The molecular formula is C18H19NO3. The smallest absolute Gasteiger partial charge is 0.306 e. The zero-order chi connectivity index (χ0) is 15.5. The Balaban J connectivity index is 1.60. The minimum atomic E-state index is -0.758. The van der Waals surface area contributed by atoms with Gasteiger partial charge in [0.2, 0.25) is 5.91 Å². The van der Waals surface area contributed by atoms with Gasteiger partial charge in [0.15, 0.2) is 0 Å². The zero-order valence-electron chi connectivity index (χ0n) is 12.3. The van der Waals surface area contributed by atoms with E-state index in [9.17, 15) is 9.59 Å². The molecule has 0 aromatic heterocycles. The number of carboxylic acids is 1. The second kappa shape index (κ2) is 6.18. The number of hydrogen-bond donors (Lipinski definition) is 2. The first kappa shape index (κ1) is 14.6. The average Bonchev–Trinajstić information content (AvgIpc) is 2.95. The van der Waals surface area contributed by atoms with Crippen LogP contribution in [0.1, 0.15) is 24.8 Å². The Hall–Kier alpha value is -2.36. The fraction of sp³-hybridized carbons (Fsp3) is 0.333. The molecule has 4 heteroatoms. The van der Waals surface area contributed by atoms with Crippen molar-refractivity contribution in [1.29, 1.82) is 0 Å². The summed E-state index contributed by atoms with van der Waals surface area (Å²) in [5.41, 5.74) is 0.976. The number of carboxylic acid groups (broad SMARTS) is 1. The molecule has 1 saturated carbocycles. The number of aliphatic carboxylic acids is 1. The maximum Gasteiger partial charge on any atom is 0.306 e. The highest BCUT2D eigenvalue weighted by atomic mass is 16.4. The number of benzene rings is 2. The number of amides is 1. The van der Waals surface area contributed by atoms with Crippen LogP contribution in [0.25, 0.3) is 10.8 Å². The van der Waals surface area contributed by atoms with Gasteiger partial charge in [0.05, 0.1) is 12.3 Å². The Labute approximate surface area is 129 Å². The highest BCUT2D eigenvalue weighted by molar-refractivity contribution is 5.85. The molecule has 2 aromatic rings. The lowest BCUT2D eigenvalue weighted by molar-refractivity contribution is -0.141. The van der Waals surface area contributed by atoms with Gasteiger partial charge in [-0.3, -0.25) is 9.59 Å². The summed E-state index contributed by atoms with van der Waals surface area (Å²) in [6.07, 6.45) is 2.27. The topological polar surface area (TPSA) is 66.4 Å². The number of hydrogen-bond acceptors (Lipinski definition) is 2. The Bertz CT molecular complexity index is 710. The zero-order valence-corrected chi connectivity index (χ0v) is 12.3. The number of fused-ring (bicyclic) bond motifs is 1. The van der Waals surface area contributed by atoms with Crippen molar-refractivity contribution in [1.82, 2.24) is 5.32 Å². The summed E-state index contributed by atoms with van der Waals surface area (Å²) in [6.45, 7) is 0. The van der Waals surface area contributed by atoms with Gasteiger partial charge in [-0.1, -0.05) is 42.5 Å². The molecule has 2 N–H and O–H groups in total. The van der Waals surface area contributed by atoms with Crippen molar-refractivity contribution in [2.24, 2.45) is 5.92 Å². The van der Waals surface area contributed by atoms with E-state index in [-0.39, 0.29) is 17.9 Å². The van der Waals surface area contributed by atoms with E-state index in [1.54, 1.807) is 0 Å². The van der Waals surface area contributed by atoms with Gasteiger partial charge in [0.25, 0.3) is 0 Å².